The molecule has 0 fully saturated rings. The van der Waals surface area contributed by atoms with Crippen LogP contribution in [0.2, 0.25) is 0 Å². The second-order valence-corrected chi connectivity index (χ2v) is 7.33. The van der Waals surface area contributed by atoms with Crippen molar-refractivity contribution in [3.63, 3.8) is 0 Å². The number of carbonyl (C=O) groups excluding carboxylic acids is 1. The first-order valence-corrected chi connectivity index (χ1v) is 10.6. The molecule has 0 radical (unpaired) electrons. The Kier molecular flexibility index (Phi) is 9.24. The second-order valence-electron chi connectivity index (χ2n) is 7.33. The number of para-hydroxylation sites is 1. The Bertz CT molecular complexity index is 798. The van der Waals surface area contributed by atoms with E-state index < -0.39 is 6.10 Å². The molecule has 0 aliphatic carbocycles. The summed E-state index contributed by atoms with van der Waals surface area (Å²) in [5.41, 5.74) is 2.31. The molecule has 1 amide bonds. The van der Waals surface area contributed by atoms with E-state index in [1.54, 1.807) is 4.90 Å². The van der Waals surface area contributed by atoms with Gasteiger partial charge in [0.1, 0.15) is 5.75 Å². The van der Waals surface area contributed by atoms with Crippen LogP contribution < -0.4 is 4.74 Å². The van der Waals surface area contributed by atoms with E-state index >= 15 is 0 Å². The average molecular weight is 393 g/mol. The molecule has 2 aromatic carbocycles. The SMILES string of the molecule is CCC(Oc1ccccc1C(C)CC)C(=O)N(CCC#N)CCc1ccccc1. The zero-order valence-electron chi connectivity index (χ0n) is 17.8. The van der Waals surface area contributed by atoms with Crippen molar-refractivity contribution in [1.29, 1.82) is 5.26 Å². The van der Waals surface area contributed by atoms with Gasteiger partial charge in [-0.2, -0.15) is 5.26 Å². The first-order chi connectivity index (χ1) is 14.1. The molecule has 0 spiro atoms. The molecule has 0 N–H and O–H groups in total. The summed E-state index contributed by atoms with van der Waals surface area (Å²) in [6, 6.07) is 20.2. The summed E-state index contributed by atoms with van der Waals surface area (Å²) in [6.07, 6.45) is 2.13. The molecule has 0 saturated heterocycles. The third-order valence-electron chi connectivity index (χ3n) is 5.30. The van der Waals surface area contributed by atoms with Gasteiger partial charge in [0.25, 0.3) is 5.91 Å². The van der Waals surface area contributed by atoms with Crippen LogP contribution >= 0.6 is 0 Å². The quantitative estimate of drug-likeness (QED) is 0.518. The van der Waals surface area contributed by atoms with Gasteiger partial charge >= 0.3 is 0 Å². The first kappa shape index (κ1) is 22.5. The highest BCUT2D eigenvalue weighted by Crippen LogP contribution is 2.29. The van der Waals surface area contributed by atoms with Gasteiger partial charge in [-0.05, 0) is 42.4 Å². The van der Waals surface area contributed by atoms with Gasteiger partial charge in [0.15, 0.2) is 6.10 Å². The molecule has 0 aliphatic heterocycles. The fraction of sp³-hybridized carbons (Fsp3) is 0.440. The average Bonchev–Trinajstić information content (AvgIpc) is 2.77. The lowest BCUT2D eigenvalue weighted by atomic mass is 9.98. The van der Waals surface area contributed by atoms with E-state index in [2.05, 4.69) is 38.1 Å². The molecule has 0 aromatic heterocycles. The van der Waals surface area contributed by atoms with E-state index in [1.165, 1.54) is 5.56 Å². The summed E-state index contributed by atoms with van der Waals surface area (Å²) in [5, 5.41) is 9.02. The predicted molar refractivity (Wildman–Crippen MR) is 117 cm³/mol. The smallest absolute Gasteiger partial charge is 0.263 e. The maximum Gasteiger partial charge on any atom is 0.263 e. The number of hydrogen-bond donors (Lipinski definition) is 0. The van der Waals surface area contributed by atoms with Crippen molar-refractivity contribution in [2.75, 3.05) is 13.1 Å². The molecule has 154 valence electrons. The standard InChI is InChI=1S/C25H32N2O2/c1-4-20(3)22-14-9-10-15-24(22)29-23(5-2)25(28)27(18-11-17-26)19-16-21-12-7-6-8-13-21/h6-10,12-15,20,23H,4-5,11,16,18-19H2,1-3H3. The van der Waals surface area contributed by atoms with Crippen molar-refractivity contribution in [1.82, 2.24) is 4.90 Å². The Labute approximate surface area is 175 Å². The lowest BCUT2D eigenvalue weighted by Crippen LogP contribution is -2.43. The number of benzene rings is 2. The minimum absolute atomic E-state index is 0.0439. The molecule has 2 unspecified atom stereocenters. The number of rotatable bonds is 11. The normalized spacial score (nSPS) is 12.6. The van der Waals surface area contributed by atoms with Crippen LogP contribution in [0.1, 0.15) is 57.1 Å². The lowest BCUT2D eigenvalue weighted by Gasteiger charge is -2.28. The summed E-state index contributed by atoms with van der Waals surface area (Å²) in [7, 11) is 0. The zero-order valence-corrected chi connectivity index (χ0v) is 17.8. The van der Waals surface area contributed by atoms with E-state index in [9.17, 15) is 4.79 Å². The molecule has 2 rings (SSSR count). The Morgan fingerprint density at radius 2 is 1.72 bits per heavy atom. The molecule has 4 heteroatoms. The van der Waals surface area contributed by atoms with Crippen molar-refractivity contribution in [2.45, 2.75) is 58.5 Å². The largest absolute Gasteiger partial charge is 0.480 e. The van der Waals surface area contributed by atoms with Crippen LogP contribution in [0.5, 0.6) is 5.75 Å². The van der Waals surface area contributed by atoms with Crippen LogP contribution in [0.3, 0.4) is 0 Å². The molecular formula is C25H32N2O2. The van der Waals surface area contributed by atoms with Crippen molar-refractivity contribution < 1.29 is 9.53 Å². The summed E-state index contributed by atoms with van der Waals surface area (Å²) >= 11 is 0. The van der Waals surface area contributed by atoms with Crippen LogP contribution in [0, 0.1) is 11.3 Å². The fourth-order valence-electron chi connectivity index (χ4n) is 3.31. The summed E-state index contributed by atoms with van der Waals surface area (Å²) < 4.78 is 6.22. The fourth-order valence-corrected chi connectivity index (χ4v) is 3.31. The molecule has 0 bridgehead atoms. The van der Waals surface area contributed by atoms with E-state index in [0.717, 1.165) is 24.2 Å². The summed E-state index contributed by atoms with van der Waals surface area (Å²) in [4.78, 5) is 15.0. The van der Waals surface area contributed by atoms with E-state index in [-0.39, 0.29) is 5.91 Å². The molecule has 0 saturated carbocycles. The van der Waals surface area contributed by atoms with Crippen LogP contribution in [-0.2, 0) is 11.2 Å². The van der Waals surface area contributed by atoms with Gasteiger partial charge in [-0.25, -0.2) is 0 Å². The predicted octanol–water partition coefficient (Wildman–Crippen LogP) is 5.34. The monoisotopic (exact) mass is 392 g/mol. The van der Waals surface area contributed by atoms with Gasteiger partial charge in [-0.15, -0.1) is 0 Å². The van der Waals surface area contributed by atoms with E-state index in [1.807, 2.05) is 43.3 Å². The van der Waals surface area contributed by atoms with Gasteiger partial charge < -0.3 is 9.64 Å². The molecular weight excluding hydrogens is 360 g/mol. The molecule has 0 aliphatic rings. The molecule has 4 nitrogen and oxygen atoms in total. The summed E-state index contributed by atoms with van der Waals surface area (Å²) in [6.45, 7) is 7.29. The highest BCUT2D eigenvalue weighted by atomic mass is 16.5. The Balaban J connectivity index is 2.14. The van der Waals surface area contributed by atoms with Gasteiger partial charge in [0, 0.05) is 13.1 Å². The maximum atomic E-state index is 13.2. The van der Waals surface area contributed by atoms with Crippen molar-refractivity contribution in [3.05, 3.63) is 65.7 Å². The highest BCUT2D eigenvalue weighted by Gasteiger charge is 2.25. The van der Waals surface area contributed by atoms with Crippen LogP contribution in [0.25, 0.3) is 0 Å². The van der Waals surface area contributed by atoms with Crippen LogP contribution in [0.15, 0.2) is 54.6 Å². The number of ether oxygens (including phenoxy) is 1. The minimum Gasteiger partial charge on any atom is -0.480 e. The number of nitrogens with zero attached hydrogens (tertiary/aromatic N) is 2. The van der Waals surface area contributed by atoms with Crippen molar-refractivity contribution in [3.8, 4) is 11.8 Å². The van der Waals surface area contributed by atoms with E-state index in [0.29, 0.717) is 31.8 Å². The van der Waals surface area contributed by atoms with Crippen molar-refractivity contribution >= 4 is 5.91 Å². The molecule has 29 heavy (non-hydrogen) atoms. The van der Waals surface area contributed by atoms with Gasteiger partial charge in [-0.1, -0.05) is 69.3 Å². The molecule has 2 atom stereocenters. The number of hydrogen-bond acceptors (Lipinski definition) is 3. The summed E-state index contributed by atoms with van der Waals surface area (Å²) in [5.74, 6) is 1.11. The highest BCUT2D eigenvalue weighted by molar-refractivity contribution is 5.81. The van der Waals surface area contributed by atoms with Crippen LogP contribution in [0.4, 0.5) is 0 Å². The van der Waals surface area contributed by atoms with Crippen molar-refractivity contribution in [2.24, 2.45) is 0 Å². The first-order valence-electron chi connectivity index (χ1n) is 10.6. The van der Waals surface area contributed by atoms with E-state index in [4.69, 9.17) is 10.00 Å². The van der Waals surface area contributed by atoms with Gasteiger partial charge in [0.2, 0.25) is 0 Å². The minimum atomic E-state index is -0.547. The number of amides is 1. The van der Waals surface area contributed by atoms with Crippen LogP contribution in [-0.4, -0.2) is 30.0 Å². The number of carbonyl (C=O) groups is 1. The third-order valence-corrected chi connectivity index (χ3v) is 5.30. The van der Waals surface area contributed by atoms with Gasteiger partial charge in [0.05, 0.1) is 12.5 Å². The molecule has 0 heterocycles. The van der Waals surface area contributed by atoms with Gasteiger partial charge in [-0.3, -0.25) is 4.79 Å². The zero-order chi connectivity index (χ0) is 21.1. The topological polar surface area (TPSA) is 53.3 Å². The number of nitriles is 1. The Hall–Kier alpha value is -2.80. The Morgan fingerprint density at radius 1 is 1.03 bits per heavy atom. The lowest BCUT2D eigenvalue weighted by molar-refractivity contribution is -0.138. The molecule has 2 aromatic rings. The third kappa shape index (κ3) is 6.64. The second kappa shape index (κ2) is 11.9. The maximum absolute atomic E-state index is 13.2. The Morgan fingerprint density at radius 3 is 2.38 bits per heavy atom.